The number of hydrogen-bond donors (Lipinski definition) is 4. The molecule has 0 aromatic heterocycles. The second kappa shape index (κ2) is 7.59. The van der Waals surface area contributed by atoms with Gasteiger partial charge in [-0.15, -0.1) is 0 Å². The fourth-order valence-corrected chi connectivity index (χ4v) is 5.44. The summed E-state index contributed by atoms with van der Waals surface area (Å²) in [6, 6.07) is 4.02. The van der Waals surface area contributed by atoms with E-state index in [0.29, 0.717) is 11.5 Å². The van der Waals surface area contributed by atoms with E-state index >= 15 is 0 Å². The standard InChI is InChI=1S/C18H21NO4.CH2O.H2O4S/c1-19-8-7-17-14-10-3-4-12(22-2)15(14)23-16(17)11(20)5-6-18(17,21)13(19)9-10;1-2;1-5(2,3)4/h3-6,11,13,16,20-21H,7-9H2,1-2H3;1H2;(H2,1,2,3,4)/t11-,13+,16-,17-,18+;;/m0../s1. The molecule has 5 rings (SSSR count). The number of ether oxygens (including phenoxy) is 2. The molecule has 30 heavy (non-hydrogen) atoms. The molecule has 10 nitrogen and oxygen atoms in total. The van der Waals surface area contributed by atoms with Gasteiger partial charge in [-0.05, 0) is 38.1 Å². The van der Waals surface area contributed by atoms with E-state index < -0.39 is 33.6 Å². The Balaban J connectivity index is 0.000000324. The van der Waals surface area contributed by atoms with Crippen LogP contribution in [0.5, 0.6) is 11.5 Å². The molecule has 1 saturated heterocycles. The summed E-state index contributed by atoms with van der Waals surface area (Å²) in [4.78, 5) is 10.2. The molecule has 2 bridgehead atoms. The lowest BCUT2D eigenvalue weighted by Crippen LogP contribution is -2.75. The minimum absolute atomic E-state index is 0.00190. The van der Waals surface area contributed by atoms with Crippen molar-refractivity contribution in [2.24, 2.45) is 0 Å². The summed E-state index contributed by atoms with van der Waals surface area (Å²) in [5.41, 5.74) is 0.647. The van der Waals surface area contributed by atoms with Crippen molar-refractivity contribution in [1.82, 2.24) is 4.90 Å². The average molecular weight is 443 g/mol. The highest BCUT2D eigenvalue weighted by Crippen LogP contribution is 2.63. The minimum Gasteiger partial charge on any atom is -0.493 e. The van der Waals surface area contributed by atoms with Crippen LogP contribution in [-0.4, -0.2) is 84.0 Å². The maximum atomic E-state index is 11.7. The molecular formula is C19H25NO9S. The van der Waals surface area contributed by atoms with E-state index in [2.05, 4.69) is 18.0 Å². The van der Waals surface area contributed by atoms with E-state index in [1.165, 1.54) is 5.56 Å². The maximum absolute atomic E-state index is 11.7. The van der Waals surface area contributed by atoms with E-state index in [0.717, 1.165) is 24.9 Å². The van der Waals surface area contributed by atoms with E-state index in [1.54, 1.807) is 13.2 Å². The molecule has 2 aliphatic carbocycles. The molecule has 1 spiro atoms. The molecule has 1 fully saturated rings. The highest BCUT2D eigenvalue weighted by Gasteiger charge is 2.71. The smallest absolute Gasteiger partial charge is 0.394 e. The second-order valence-electron chi connectivity index (χ2n) is 7.71. The van der Waals surface area contributed by atoms with Crippen LogP contribution in [0.2, 0.25) is 0 Å². The van der Waals surface area contributed by atoms with Gasteiger partial charge in [0.15, 0.2) is 11.5 Å². The first-order valence-electron chi connectivity index (χ1n) is 9.18. The Kier molecular flexibility index (Phi) is 5.73. The Morgan fingerprint density at radius 2 is 1.93 bits per heavy atom. The van der Waals surface area contributed by atoms with Gasteiger partial charge in [-0.25, -0.2) is 0 Å². The quantitative estimate of drug-likeness (QED) is 0.338. The van der Waals surface area contributed by atoms with Crippen molar-refractivity contribution in [1.29, 1.82) is 0 Å². The van der Waals surface area contributed by atoms with E-state index in [4.69, 9.17) is 31.8 Å². The number of hydrogen-bond acceptors (Lipinski definition) is 8. The number of aliphatic hydroxyl groups is 2. The van der Waals surface area contributed by atoms with Crippen molar-refractivity contribution in [2.75, 3.05) is 20.7 Å². The lowest BCUT2D eigenvalue weighted by Gasteiger charge is -2.61. The van der Waals surface area contributed by atoms with Crippen LogP contribution in [0.4, 0.5) is 0 Å². The zero-order valence-corrected chi connectivity index (χ0v) is 17.4. The van der Waals surface area contributed by atoms with Crippen LogP contribution >= 0.6 is 0 Å². The molecule has 4 aliphatic rings. The molecular weight excluding hydrogens is 418 g/mol. The SMILES string of the molecule is C=O.COc1ccc2c3c1O[C@H]1[C@@H](O)C=C[C@@]4(O)[C@@H](C2)N(C)CC[C@]314.O=S(=O)(O)O. The first kappa shape index (κ1) is 22.7. The summed E-state index contributed by atoms with van der Waals surface area (Å²) in [5, 5.41) is 22.3. The number of piperidine rings is 1. The number of rotatable bonds is 1. The second-order valence-corrected chi connectivity index (χ2v) is 8.61. The fourth-order valence-electron chi connectivity index (χ4n) is 5.44. The Hall–Kier alpha value is -2.02. The van der Waals surface area contributed by atoms with Gasteiger partial charge in [-0.1, -0.05) is 18.2 Å². The number of aliphatic hydroxyl groups excluding tert-OH is 1. The summed E-state index contributed by atoms with van der Waals surface area (Å²) in [6.07, 6.45) is 3.86. The molecule has 0 unspecified atom stereocenters. The summed E-state index contributed by atoms with van der Waals surface area (Å²) in [5.74, 6) is 1.39. The number of benzene rings is 1. The lowest BCUT2D eigenvalue weighted by atomic mass is 9.50. The van der Waals surface area contributed by atoms with Crippen molar-refractivity contribution >= 4 is 17.2 Å². The van der Waals surface area contributed by atoms with E-state index in [9.17, 15) is 10.2 Å². The Labute approximate surface area is 174 Å². The zero-order valence-electron chi connectivity index (χ0n) is 16.6. The molecule has 4 N–H and O–H groups in total. The molecule has 11 heteroatoms. The Bertz CT molecular complexity index is 957. The number of methoxy groups -OCH3 is 1. The van der Waals surface area contributed by atoms with Crippen molar-refractivity contribution in [2.45, 2.75) is 42.1 Å². The van der Waals surface area contributed by atoms with Gasteiger partial charge in [0.25, 0.3) is 0 Å². The minimum atomic E-state index is -4.67. The molecule has 166 valence electrons. The third-order valence-electron chi connectivity index (χ3n) is 6.49. The van der Waals surface area contributed by atoms with E-state index in [-0.39, 0.29) is 6.04 Å². The first-order valence-corrected chi connectivity index (χ1v) is 10.6. The molecule has 1 aromatic carbocycles. The number of carbonyl (C=O) groups excluding carboxylic acids is 1. The molecule has 5 atom stereocenters. The summed E-state index contributed by atoms with van der Waals surface area (Å²) in [7, 11) is -0.975. The average Bonchev–Trinajstić information content (AvgIpc) is 3.04. The summed E-state index contributed by atoms with van der Waals surface area (Å²) in [6.45, 7) is 2.88. The van der Waals surface area contributed by atoms with Crippen molar-refractivity contribution < 1.29 is 42.0 Å². The third-order valence-corrected chi connectivity index (χ3v) is 6.49. The Morgan fingerprint density at radius 1 is 1.30 bits per heavy atom. The van der Waals surface area contributed by atoms with Gasteiger partial charge >= 0.3 is 10.4 Å². The monoisotopic (exact) mass is 443 g/mol. The predicted octanol–water partition coefficient (Wildman–Crippen LogP) is -0.222. The molecule has 0 amide bonds. The fraction of sp³-hybridized carbons (Fsp3) is 0.526. The van der Waals surface area contributed by atoms with Crippen molar-refractivity contribution in [3.05, 3.63) is 35.4 Å². The molecule has 0 saturated carbocycles. The summed E-state index contributed by atoms with van der Waals surface area (Å²) < 4.78 is 43.3. The van der Waals surface area contributed by atoms with Crippen LogP contribution in [0.15, 0.2) is 24.3 Å². The van der Waals surface area contributed by atoms with Crippen LogP contribution in [0.3, 0.4) is 0 Å². The highest BCUT2D eigenvalue weighted by molar-refractivity contribution is 7.79. The number of carbonyl (C=O) groups is 1. The molecule has 1 aromatic rings. The largest absolute Gasteiger partial charge is 0.493 e. The van der Waals surface area contributed by atoms with Gasteiger partial charge in [0.1, 0.15) is 24.6 Å². The van der Waals surface area contributed by atoms with Gasteiger partial charge < -0.3 is 24.5 Å². The number of likely N-dealkylation sites (N-methyl/N-ethyl adjacent to an activating group) is 1. The van der Waals surface area contributed by atoms with Crippen molar-refractivity contribution in [3.8, 4) is 11.5 Å². The van der Waals surface area contributed by atoms with Crippen LogP contribution in [0.1, 0.15) is 17.5 Å². The Morgan fingerprint density at radius 3 is 2.53 bits per heavy atom. The van der Waals surface area contributed by atoms with Crippen molar-refractivity contribution in [3.63, 3.8) is 0 Å². The predicted molar refractivity (Wildman–Crippen MR) is 105 cm³/mol. The molecule has 0 radical (unpaired) electrons. The zero-order chi connectivity index (χ0) is 22.5. The van der Waals surface area contributed by atoms with Gasteiger partial charge in [0, 0.05) is 11.6 Å². The van der Waals surface area contributed by atoms with Crippen LogP contribution in [0, 0.1) is 0 Å². The van der Waals surface area contributed by atoms with Gasteiger partial charge in [-0.2, -0.15) is 8.42 Å². The lowest BCUT2D eigenvalue weighted by molar-refractivity contribution is -0.151. The topological polar surface area (TPSA) is 154 Å². The van der Waals surface area contributed by atoms with E-state index in [1.807, 2.05) is 18.9 Å². The van der Waals surface area contributed by atoms with Crippen LogP contribution in [-0.2, 0) is 27.0 Å². The molecule has 2 aliphatic heterocycles. The summed E-state index contributed by atoms with van der Waals surface area (Å²) >= 11 is 0. The van der Waals surface area contributed by atoms with Gasteiger partial charge in [-0.3, -0.25) is 14.0 Å². The number of nitrogens with zero attached hydrogens (tertiary/aromatic N) is 1. The third kappa shape index (κ3) is 3.13. The van der Waals surface area contributed by atoms with Crippen LogP contribution in [0.25, 0.3) is 0 Å². The van der Waals surface area contributed by atoms with Gasteiger partial charge in [0.05, 0.1) is 12.5 Å². The normalized spacial score (nSPS) is 35.1. The number of likely N-dealkylation sites (tertiary alicyclic amines) is 1. The molecule has 2 heterocycles. The first-order chi connectivity index (χ1) is 14.0. The van der Waals surface area contributed by atoms with Gasteiger partial charge in [0.2, 0.25) is 0 Å². The highest BCUT2D eigenvalue weighted by atomic mass is 32.3. The van der Waals surface area contributed by atoms with Crippen LogP contribution < -0.4 is 9.47 Å². The maximum Gasteiger partial charge on any atom is 0.394 e.